The van der Waals surface area contributed by atoms with E-state index >= 15 is 0 Å². The SMILES string of the molecule is Cc1ccccc1[Se]c1cccc(C)c1CCNC(=O)c1ccccn1. The van der Waals surface area contributed by atoms with Crippen LogP contribution < -0.4 is 14.2 Å². The summed E-state index contributed by atoms with van der Waals surface area (Å²) in [5, 5.41) is 2.98. The first-order chi connectivity index (χ1) is 12.6. The van der Waals surface area contributed by atoms with Crippen LogP contribution in [0.3, 0.4) is 0 Å². The van der Waals surface area contributed by atoms with Crippen LogP contribution in [0.4, 0.5) is 0 Å². The summed E-state index contributed by atoms with van der Waals surface area (Å²) in [5.74, 6) is -0.120. The molecule has 0 aliphatic carbocycles. The first-order valence-electron chi connectivity index (χ1n) is 8.66. The van der Waals surface area contributed by atoms with Crippen LogP contribution in [-0.4, -0.2) is 32.4 Å². The predicted octanol–water partition coefficient (Wildman–Crippen LogP) is 2.33. The Hall–Kier alpha value is -2.42. The van der Waals surface area contributed by atoms with Crippen LogP contribution in [0, 0.1) is 13.8 Å². The Labute approximate surface area is 161 Å². The zero-order valence-corrected chi connectivity index (χ0v) is 16.7. The van der Waals surface area contributed by atoms with Crippen LogP contribution >= 0.6 is 0 Å². The summed E-state index contributed by atoms with van der Waals surface area (Å²) in [6, 6.07) is 20.4. The van der Waals surface area contributed by atoms with Gasteiger partial charge in [-0.1, -0.05) is 0 Å². The number of carbonyl (C=O) groups is 1. The van der Waals surface area contributed by atoms with Crippen molar-refractivity contribution in [2.75, 3.05) is 6.54 Å². The van der Waals surface area contributed by atoms with Gasteiger partial charge in [0, 0.05) is 0 Å². The minimum atomic E-state index is -0.120. The summed E-state index contributed by atoms with van der Waals surface area (Å²) >= 11 is 0.262. The number of nitrogens with zero attached hydrogens (tertiary/aromatic N) is 1. The normalized spacial score (nSPS) is 10.5. The Morgan fingerprint density at radius 3 is 2.42 bits per heavy atom. The molecule has 1 heterocycles. The molecule has 0 fully saturated rings. The number of benzene rings is 2. The first-order valence-corrected chi connectivity index (χ1v) is 10.4. The Morgan fingerprint density at radius 1 is 0.923 bits per heavy atom. The summed E-state index contributed by atoms with van der Waals surface area (Å²) in [6.45, 7) is 4.92. The second-order valence-electron chi connectivity index (χ2n) is 6.14. The monoisotopic (exact) mass is 410 g/mol. The van der Waals surface area contributed by atoms with E-state index < -0.39 is 0 Å². The number of pyridine rings is 1. The van der Waals surface area contributed by atoms with Gasteiger partial charge in [-0.3, -0.25) is 0 Å². The van der Waals surface area contributed by atoms with E-state index in [1.54, 1.807) is 12.3 Å². The molecular formula is C22H22N2OSe. The number of hydrogen-bond acceptors (Lipinski definition) is 2. The van der Waals surface area contributed by atoms with Gasteiger partial charge in [0.1, 0.15) is 0 Å². The molecule has 4 heteroatoms. The number of rotatable bonds is 6. The molecule has 0 unspecified atom stereocenters. The third kappa shape index (κ3) is 4.60. The molecule has 0 aliphatic rings. The summed E-state index contributed by atoms with van der Waals surface area (Å²) in [4.78, 5) is 16.3. The first kappa shape index (κ1) is 18.4. The van der Waals surface area contributed by atoms with Crippen LogP contribution in [0.1, 0.15) is 27.2 Å². The minimum absolute atomic E-state index is 0.120. The molecule has 2 aromatic carbocycles. The van der Waals surface area contributed by atoms with Crippen LogP contribution in [0.2, 0.25) is 0 Å². The van der Waals surface area contributed by atoms with Gasteiger partial charge in [0.25, 0.3) is 0 Å². The molecule has 0 radical (unpaired) electrons. The molecule has 1 amide bonds. The molecule has 3 rings (SSSR count). The van der Waals surface area contributed by atoms with Gasteiger partial charge in [0.15, 0.2) is 0 Å². The van der Waals surface area contributed by atoms with Crippen LogP contribution in [-0.2, 0) is 6.42 Å². The van der Waals surface area contributed by atoms with Crippen LogP contribution in [0.15, 0.2) is 66.9 Å². The average Bonchev–Trinajstić information content (AvgIpc) is 2.66. The van der Waals surface area contributed by atoms with Crippen molar-refractivity contribution < 1.29 is 4.79 Å². The molecule has 0 saturated carbocycles. The molecule has 0 bridgehead atoms. The second-order valence-corrected chi connectivity index (χ2v) is 8.41. The van der Waals surface area contributed by atoms with E-state index in [4.69, 9.17) is 0 Å². The van der Waals surface area contributed by atoms with E-state index in [0.29, 0.717) is 12.2 Å². The molecule has 26 heavy (non-hydrogen) atoms. The summed E-state index contributed by atoms with van der Waals surface area (Å²) in [7, 11) is 0. The summed E-state index contributed by atoms with van der Waals surface area (Å²) in [6.07, 6.45) is 2.47. The van der Waals surface area contributed by atoms with Crippen molar-refractivity contribution >= 4 is 29.8 Å². The zero-order chi connectivity index (χ0) is 18.4. The van der Waals surface area contributed by atoms with E-state index in [1.807, 2.05) is 12.1 Å². The fourth-order valence-corrected chi connectivity index (χ4v) is 5.17. The predicted molar refractivity (Wildman–Crippen MR) is 108 cm³/mol. The molecule has 1 aromatic heterocycles. The Kier molecular flexibility index (Phi) is 6.21. The van der Waals surface area contributed by atoms with Crippen molar-refractivity contribution in [1.29, 1.82) is 0 Å². The Balaban J connectivity index is 1.70. The number of nitrogens with one attached hydrogen (secondary N) is 1. The van der Waals surface area contributed by atoms with Crippen molar-refractivity contribution in [3.63, 3.8) is 0 Å². The molecule has 0 saturated heterocycles. The van der Waals surface area contributed by atoms with E-state index in [2.05, 4.69) is 66.6 Å². The molecular weight excluding hydrogens is 387 g/mol. The maximum absolute atomic E-state index is 12.2. The Bertz CT molecular complexity index is 894. The number of amides is 1. The third-order valence-electron chi connectivity index (χ3n) is 4.24. The van der Waals surface area contributed by atoms with Crippen LogP contribution in [0.5, 0.6) is 0 Å². The van der Waals surface area contributed by atoms with Crippen molar-refractivity contribution in [1.82, 2.24) is 10.3 Å². The third-order valence-corrected chi connectivity index (χ3v) is 6.93. The van der Waals surface area contributed by atoms with Crippen LogP contribution in [0.25, 0.3) is 0 Å². The van der Waals surface area contributed by atoms with Gasteiger partial charge in [-0.25, -0.2) is 0 Å². The molecule has 132 valence electrons. The van der Waals surface area contributed by atoms with Gasteiger partial charge >= 0.3 is 161 Å². The number of carbonyl (C=O) groups excluding carboxylic acids is 1. The quantitative estimate of drug-likeness (QED) is 0.635. The summed E-state index contributed by atoms with van der Waals surface area (Å²) in [5.41, 5.74) is 4.42. The topological polar surface area (TPSA) is 42.0 Å². The maximum atomic E-state index is 12.2. The van der Waals surface area contributed by atoms with E-state index in [-0.39, 0.29) is 20.9 Å². The van der Waals surface area contributed by atoms with Gasteiger partial charge in [-0.2, -0.15) is 0 Å². The second kappa shape index (κ2) is 8.79. The number of aryl methyl sites for hydroxylation is 2. The fraction of sp³-hybridized carbons (Fsp3) is 0.182. The average molecular weight is 409 g/mol. The molecule has 0 atom stereocenters. The fourth-order valence-electron chi connectivity index (χ4n) is 2.77. The van der Waals surface area contributed by atoms with Crippen molar-refractivity contribution in [3.8, 4) is 0 Å². The van der Waals surface area contributed by atoms with Gasteiger partial charge in [-0.05, 0) is 0 Å². The molecule has 1 N–H and O–H groups in total. The van der Waals surface area contributed by atoms with E-state index in [9.17, 15) is 4.79 Å². The van der Waals surface area contributed by atoms with Crippen molar-refractivity contribution in [2.45, 2.75) is 20.3 Å². The standard InChI is InChI=1S/C22H22N2OSe/c1-16-9-7-12-21(26-20-11-4-3-8-17(20)2)18(16)13-15-24-22(25)19-10-5-6-14-23-19/h3-12,14H,13,15H2,1-2H3,(H,24,25). The number of hydrogen-bond donors (Lipinski definition) is 1. The van der Waals surface area contributed by atoms with Crippen molar-refractivity contribution in [2.24, 2.45) is 0 Å². The van der Waals surface area contributed by atoms with Crippen molar-refractivity contribution in [3.05, 3.63) is 89.2 Å². The van der Waals surface area contributed by atoms with Gasteiger partial charge < -0.3 is 0 Å². The van der Waals surface area contributed by atoms with E-state index in [1.165, 1.54) is 25.6 Å². The number of aromatic nitrogens is 1. The molecule has 3 aromatic rings. The molecule has 3 nitrogen and oxygen atoms in total. The van der Waals surface area contributed by atoms with Gasteiger partial charge in [-0.15, -0.1) is 0 Å². The Morgan fingerprint density at radius 2 is 1.65 bits per heavy atom. The molecule has 0 spiro atoms. The summed E-state index contributed by atoms with van der Waals surface area (Å²) < 4.78 is 2.79. The van der Waals surface area contributed by atoms with Gasteiger partial charge in [0.05, 0.1) is 0 Å². The van der Waals surface area contributed by atoms with Gasteiger partial charge in [0.2, 0.25) is 0 Å². The van der Waals surface area contributed by atoms with E-state index in [0.717, 1.165) is 6.42 Å². The molecule has 0 aliphatic heterocycles. The zero-order valence-electron chi connectivity index (χ0n) is 15.0.